The van der Waals surface area contributed by atoms with E-state index in [-0.39, 0.29) is 0 Å². The highest BCUT2D eigenvalue weighted by molar-refractivity contribution is 4.58. The van der Waals surface area contributed by atoms with Crippen molar-refractivity contribution in [3.63, 3.8) is 0 Å². The van der Waals surface area contributed by atoms with Gasteiger partial charge in [-0.2, -0.15) is 0 Å². The molecule has 5 heteroatoms. The number of aliphatic hydroxyl groups is 1. The first-order valence-corrected chi connectivity index (χ1v) is 7.43. The summed E-state index contributed by atoms with van der Waals surface area (Å²) >= 11 is 0. The number of aliphatic hydroxyl groups excluding tert-OH is 1. The Labute approximate surface area is 117 Å². The van der Waals surface area contributed by atoms with Crippen molar-refractivity contribution in [2.45, 2.75) is 39.2 Å². The van der Waals surface area contributed by atoms with E-state index < -0.39 is 6.10 Å². The number of nitrogens with one attached hydrogen (secondary N) is 1. The number of hydrogen-bond acceptors (Lipinski definition) is 5. The van der Waals surface area contributed by atoms with Gasteiger partial charge >= 0.3 is 0 Å². The first-order valence-electron chi connectivity index (χ1n) is 7.43. The molecule has 0 aromatic heterocycles. The molecule has 0 aliphatic carbocycles. The van der Waals surface area contributed by atoms with Crippen molar-refractivity contribution in [1.29, 1.82) is 0 Å². The summed E-state index contributed by atoms with van der Waals surface area (Å²) in [7, 11) is 0. The predicted octanol–water partition coefficient (Wildman–Crippen LogP) is 1.20. The fraction of sp³-hybridized carbons (Fsp3) is 1.00. The summed E-state index contributed by atoms with van der Waals surface area (Å²) in [5, 5.41) is 12.8. The van der Waals surface area contributed by atoms with Gasteiger partial charge in [0.25, 0.3) is 0 Å². The Morgan fingerprint density at radius 2 is 1.68 bits per heavy atom. The van der Waals surface area contributed by atoms with Gasteiger partial charge in [-0.25, -0.2) is 0 Å². The Morgan fingerprint density at radius 3 is 2.42 bits per heavy atom. The molecule has 5 nitrogen and oxygen atoms in total. The van der Waals surface area contributed by atoms with Crippen molar-refractivity contribution in [3.8, 4) is 0 Å². The third-order valence-electron chi connectivity index (χ3n) is 2.55. The largest absolute Gasteiger partial charge is 0.389 e. The Morgan fingerprint density at radius 1 is 0.947 bits per heavy atom. The van der Waals surface area contributed by atoms with Crippen LogP contribution >= 0.6 is 0 Å². The van der Waals surface area contributed by atoms with Crippen LogP contribution < -0.4 is 5.32 Å². The zero-order valence-corrected chi connectivity index (χ0v) is 12.5. The van der Waals surface area contributed by atoms with Crippen LogP contribution in [0.1, 0.15) is 33.1 Å². The number of unbranched alkanes of at least 4 members (excludes halogenated alkanes) is 1. The van der Waals surface area contributed by atoms with Crippen LogP contribution in [-0.4, -0.2) is 63.9 Å². The van der Waals surface area contributed by atoms with Gasteiger partial charge in [0, 0.05) is 26.4 Å². The van der Waals surface area contributed by atoms with E-state index in [1.807, 2.05) is 6.92 Å². The molecule has 0 aromatic rings. The van der Waals surface area contributed by atoms with Gasteiger partial charge in [0.2, 0.25) is 0 Å². The number of ether oxygens (including phenoxy) is 3. The maximum absolute atomic E-state index is 9.62. The molecule has 0 radical (unpaired) electrons. The van der Waals surface area contributed by atoms with Gasteiger partial charge in [0.15, 0.2) is 0 Å². The lowest BCUT2D eigenvalue weighted by Gasteiger charge is -2.12. The maximum atomic E-state index is 9.62. The van der Waals surface area contributed by atoms with Crippen LogP contribution in [0.4, 0.5) is 0 Å². The Balaban J connectivity index is 3.09. The van der Waals surface area contributed by atoms with Gasteiger partial charge in [0.05, 0.1) is 25.9 Å². The molecule has 0 spiro atoms. The van der Waals surface area contributed by atoms with Crippen LogP contribution in [0.15, 0.2) is 0 Å². The van der Waals surface area contributed by atoms with Crippen molar-refractivity contribution >= 4 is 0 Å². The van der Waals surface area contributed by atoms with Crippen LogP contribution in [0.3, 0.4) is 0 Å². The summed E-state index contributed by atoms with van der Waals surface area (Å²) in [4.78, 5) is 0. The molecule has 0 aromatic carbocycles. The molecule has 0 rings (SSSR count). The second kappa shape index (κ2) is 15.9. The number of hydrogen-bond donors (Lipinski definition) is 2. The zero-order valence-electron chi connectivity index (χ0n) is 12.5. The molecule has 1 unspecified atom stereocenters. The Bertz CT molecular complexity index is 170. The minimum Gasteiger partial charge on any atom is -0.389 e. The van der Waals surface area contributed by atoms with E-state index in [9.17, 15) is 5.11 Å². The van der Waals surface area contributed by atoms with Crippen LogP contribution in [0.2, 0.25) is 0 Å². The van der Waals surface area contributed by atoms with E-state index in [1.165, 1.54) is 6.42 Å². The molecule has 0 aliphatic rings. The first-order chi connectivity index (χ1) is 9.31. The molecule has 0 bridgehead atoms. The van der Waals surface area contributed by atoms with Crippen LogP contribution in [0.25, 0.3) is 0 Å². The first kappa shape index (κ1) is 18.8. The Hall–Kier alpha value is -0.200. The van der Waals surface area contributed by atoms with Gasteiger partial charge < -0.3 is 24.6 Å². The van der Waals surface area contributed by atoms with Crippen LogP contribution in [-0.2, 0) is 14.2 Å². The highest BCUT2D eigenvalue weighted by atomic mass is 16.5. The van der Waals surface area contributed by atoms with E-state index in [4.69, 9.17) is 14.2 Å². The fourth-order valence-corrected chi connectivity index (χ4v) is 1.46. The minimum atomic E-state index is -0.456. The van der Waals surface area contributed by atoms with Gasteiger partial charge in [0.1, 0.15) is 0 Å². The van der Waals surface area contributed by atoms with Crippen molar-refractivity contribution in [2.75, 3.05) is 52.7 Å². The molecule has 2 N–H and O–H groups in total. The summed E-state index contributed by atoms with van der Waals surface area (Å²) in [6.45, 7) is 9.35. The van der Waals surface area contributed by atoms with Crippen molar-refractivity contribution < 1.29 is 19.3 Å². The molecule has 116 valence electrons. The van der Waals surface area contributed by atoms with Crippen molar-refractivity contribution in [3.05, 3.63) is 0 Å². The molecule has 0 saturated heterocycles. The van der Waals surface area contributed by atoms with Gasteiger partial charge in [-0.3, -0.25) is 0 Å². The monoisotopic (exact) mass is 277 g/mol. The quantitative estimate of drug-likeness (QED) is 0.440. The van der Waals surface area contributed by atoms with Gasteiger partial charge in [-0.15, -0.1) is 0 Å². The van der Waals surface area contributed by atoms with Gasteiger partial charge in [-0.1, -0.05) is 13.3 Å². The third-order valence-corrected chi connectivity index (χ3v) is 2.55. The lowest BCUT2D eigenvalue weighted by Crippen LogP contribution is -2.31. The SMILES string of the molecule is CCCCOCCCNCC(O)COCCOCC. The van der Waals surface area contributed by atoms with Crippen molar-refractivity contribution in [1.82, 2.24) is 5.32 Å². The number of rotatable bonds is 15. The summed E-state index contributed by atoms with van der Waals surface area (Å²) in [6, 6.07) is 0. The summed E-state index contributed by atoms with van der Waals surface area (Å²) in [5.74, 6) is 0. The highest BCUT2D eigenvalue weighted by Gasteiger charge is 2.03. The molecule has 0 amide bonds. The van der Waals surface area contributed by atoms with Crippen LogP contribution in [0, 0.1) is 0 Å². The minimum absolute atomic E-state index is 0.354. The molecular formula is C14H31NO4. The summed E-state index contributed by atoms with van der Waals surface area (Å²) in [5.41, 5.74) is 0. The molecule has 1 atom stereocenters. The van der Waals surface area contributed by atoms with E-state index in [1.54, 1.807) is 0 Å². The molecule has 0 aliphatic heterocycles. The smallest absolute Gasteiger partial charge is 0.0897 e. The second-order valence-corrected chi connectivity index (χ2v) is 4.45. The molecule has 0 heterocycles. The van der Waals surface area contributed by atoms with Crippen LogP contribution in [0.5, 0.6) is 0 Å². The topological polar surface area (TPSA) is 60.0 Å². The zero-order chi connectivity index (χ0) is 14.2. The maximum Gasteiger partial charge on any atom is 0.0897 e. The molecule has 0 saturated carbocycles. The molecule has 0 fully saturated rings. The van der Waals surface area contributed by atoms with Gasteiger partial charge in [-0.05, 0) is 26.3 Å². The third kappa shape index (κ3) is 15.7. The fourth-order valence-electron chi connectivity index (χ4n) is 1.46. The van der Waals surface area contributed by atoms with Crippen molar-refractivity contribution in [2.24, 2.45) is 0 Å². The van der Waals surface area contributed by atoms with E-state index in [0.717, 1.165) is 32.6 Å². The highest BCUT2D eigenvalue weighted by Crippen LogP contribution is 1.90. The summed E-state index contributed by atoms with van der Waals surface area (Å²) < 4.78 is 15.9. The van der Waals surface area contributed by atoms with E-state index >= 15 is 0 Å². The van der Waals surface area contributed by atoms with E-state index in [0.29, 0.717) is 33.0 Å². The standard InChI is InChI=1S/C14H31NO4/c1-3-5-8-18-9-6-7-15-12-14(16)13-19-11-10-17-4-2/h14-16H,3-13H2,1-2H3. The second-order valence-electron chi connectivity index (χ2n) is 4.45. The average molecular weight is 277 g/mol. The molecule has 19 heavy (non-hydrogen) atoms. The Kier molecular flexibility index (Phi) is 15.7. The normalized spacial score (nSPS) is 12.8. The average Bonchev–Trinajstić information content (AvgIpc) is 2.41. The summed E-state index contributed by atoms with van der Waals surface area (Å²) in [6.07, 6.45) is 2.82. The lowest BCUT2D eigenvalue weighted by molar-refractivity contribution is 0.00639. The molecular weight excluding hydrogens is 246 g/mol. The lowest BCUT2D eigenvalue weighted by atomic mass is 10.3. The van der Waals surface area contributed by atoms with E-state index in [2.05, 4.69) is 12.2 Å². The predicted molar refractivity (Wildman–Crippen MR) is 76.5 cm³/mol.